The summed E-state index contributed by atoms with van der Waals surface area (Å²) in [5.74, 6) is 0.577. The third-order valence-corrected chi connectivity index (χ3v) is 3.54. The minimum Gasteiger partial charge on any atom is -0.327 e. The number of halogens is 1. The number of pyridine rings is 1. The highest BCUT2D eigenvalue weighted by Crippen LogP contribution is 2.24. The number of aromatic nitrogens is 1. The van der Waals surface area contributed by atoms with Gasteiger partial charge in [-0.05, 0) is 49.6 Å². The van der Waals surface area contributed by atoms with Crippen LogP contribution in [0.15, 0.2) is 42.6 Å². The summed E-state index contributed by atoms with van der Waals surface area (Å²) in [7, 11) is 0. The van der Waals surface area contributed by atoms with Crippen molar-refractivity contribution in [1.82, 2.24) is 4.98 Å². The number of nitrogens with zero attached hydrogens (tertiary/aromatic N) is 2. The Morgan fingerprint density at radius 1 is 1.24 bits per heavy atom. The molecule has 1 heterocycles. The lowest BCUT2D eigenvalue weighted by molar-refractivity contribution is 0.627. The van der Waals surface area contributed by atoms with Gasteiger partial charge in [-0.15, -0.1) is 0 Å². The number of nitrogens with two attached hydrogens (primary N) is 1. The summed E-state index contributed by atoms with van der Waals surface area (Å²) in [4.78, 5) is 6.47. The van der Waals surface area contributed by atoms with Crippen LogP contribution < -0.4 is 10.6 Å². The van der Waals surface area contributed by atoms with Gasteiger partial charge in [-0.3, -0.25) is 0 Å². The third kappa shape index (κ3) is 4.02. The van der Waals surface area contributed by atoms with E-state index in [0.29, 0.717) is 0 Å². The normalized spacial score (nSPS) is 12.2. The molecule has 112 valence electrons. The number of hydrogen-bond donors (Lipinski definition) is 1. The van der Waals surface area contributed by atoms with Crippen molar-refractivity contribution in [1.29, 1.82) is 0 Å². The molecule has 0 aliphatic carbocycles. The van der Waals surface area contributed by atoms with Crippen LogP contribution in [0.2, 0.25) is 0 Å². The largest absolute Gasteiger partial charge is 0.327 e. The van der Waals surface area contributed by atoms with Gasteiger partial charge in [0.15, 0.2) is 0 Å². The van der Waals surface area contributed by atoms with E-state index in [4.69, 9.17) is 5.73 Å². The number of anilines is 2. The van der Waals surface area contributed by atoms with Gasteiger partial charge in [0.1, 0.15) is 11.6 Å². The van der Waals surface area contributed by atoms with Crippen LogP contribution in [-0.2, 0) is 6.42 Å². The van der Waals surface area contributed by atoms with Gasteiger partial charge in [0.05, 0.1) is 0 Å². The number of hydrogen-bond acceptors (Lipinski definition) is 3. The second-order valence-corrected chi connectivity index (χ2v) is 5.12. The summed E-state index contributed by atoms with van der Waals surface area (Å²) in [6.07, 6.45) is 3.63. The molecule has 1 unspecified atom stereocenters. The first-order valence-electron chi connectivity index (χ1n) is 7.37. The first-order chi connectivity index (χ1) is 10.1. The van der Waals surface area contributed by atoms with E-state index in [-0.39, 0.29) is 11.9 Å². The molecule has 0 aliphatic heterocycles. The second-order valence-electron chi connectivity index (χ2n) is 5.12. The van der Waals surface area contributed by atoms with Gasteiger partial charge in [-0.25, -0.2) is 9.37 Å². The van der Waals surface area contributed by atoms with Crippen molar-refractivity contribution in [2.45, 2.75) is 32.7 Å². The molecule has 2 rings (SSSR count). The number of rotatable bonds is 6. The van der Waals surface area contributed by atoms with Gasteiger partial charge in [0.2, 0.25) is 0 Å². The van der Waals surface area contributed by atoms with Crippen LogP contribution in [0, 0.1) is 5.82 Å². The second kappa shape index (κ2) is 7.18. The highest BCUT2D eigenvalue weighted by Gasteiger charge is 2.10. The Labute approximate surface area is 125 Å². The summed E-state index contributed by atoms with van der Waals surface area (Å²) in [6.45, 7) is 4.83. The minimum absolute atomic E-state index is 0.170. The SMILES string of the molecule is CCC(N)Cc1ccc(N(CC)c2cccc(F)c2)nc1. The molecule has 0 saturated carbocycles. The Hall–Kier alpha value is -1.94. The van der Waals surface area contributed by atoms with E-state index in [1.54, 1.807) is 6.07 Å². The van der Waals surface area contributed by atoms with Crippen molar-refractivity contribution in [2.75, 3.05) is 11.4 Å². The Bertz CT molecular complexity index is 569. The van der Waals surface area contributed by atoms with E-state index in [2.05, 4.69) is 11.9 Å². The first kappa shape index (κ1) is 15.4. The van der Waals surface area contributed by atoms with Crippen LogP contribution in [0.5, 0.6) is 0 Å². The molecule has 1 atom stereocenters. The molecule has 0 radical (unpaired) electrons. The summed E-state index contributed by atoms with van der Waals surface area (Å²) in [5, 5.41) is 0. The zero-order valence-electron chi connectivity index (χ0n) is 12.6. The Morgan fingerprint density at radius 3 is 2.62 bits per heavy atom. The molecule has 0 fully saturated rings. The van der Waals surface area contributed by atoms with Gasteiger partial charge in [0.25, 0.3) is 0 Å². The van der Waals surface area contributed by atoms with Crippen LogP contribution in [0.25, 0.3) is 0 Å². The quantitative estimate of drug-likeness (QED) is 0.881. The van der Waals surface area contributed by atoms with Crippen LogP contribution in [0.3, 0.4) is 0 Å². The molecule has 0 amide bonds. The molecular formula is C17H22FN3. The van der Waals surface area contributed by atoms with E-state index in [0.717, 1.165) is 36.5 Å². The molecule has 0 bridgehead atoms. The van der Waals surface area contributed by atoms with Gasteiger partial charge in [0, 0.05) is 24.5 Å². The topological polar surface area (TPSA) is 42.1 Å². The summed E-state index contributed by atoms with van der Waals surface area (Å²) in [6, 6.07) is 10.7. The monoisotopic (exact) mass is 287 g/mol. The smallest absolute Gasteiger partial charge is 0.132 e. The van der Waals surface area contributed by atoms with Gasteiger partial charge in [-0.2, -0.15) is 0 Å². The lowest BCUT2D eigenvalue weighted by Gasteiger charge is -2.22. The molecule has 4 heteroatoms. The summed E-state index contributed by atoms with van der Waals surface area (Å²) in [5.41, 5.74) is 7.89. The molecule has 2 N–H and O–H groups in total. The van der Waals surface area contributed by atoms with Crippen LogP contribution >= 0.6 is 0 Å². The zero-order valence-corrected chi connectivity index (χ0v) is 12.6. The highest BCUT2D eigenvalue weighted by atomic mass is 19.1. The molecule has 0 saturated heterocycles. The molecule has 2 aromatic rings. The molecule has 0 aliphatic rings. The lowest BCUT2D eigenvalue weighted by atomic mass is 10.1. The van der Waals surface area contributed by atoms with Crippen molar-refractivity contribution in [2.24, 2.45) is 5.73 Å². The van der Waals surface area contributed by atoms with E-state index < -0.39 is 0 Å². The standard InChI is InChI=1S/C17H22FN3/c1-3-15(19)10-13-8-9-17(20-12-13)21(4-2)16-7-5-6-14(18)11-16/h5-9,11-12,15H,3-4,10,19H2,1-2H3. The summed E-state index contributed by atoms with van der Waals surface area (Å²) < 4.78 is 13.4. The fourth-order valence-electron chi connectivity index (χ4n) is 2.27. The average molecular weight is 287 g/mol. The molecule has 0 spiro atoms. The lowest BCUT2D eigenvalue weighted by Crippen LogP contribution is -2.22. The van der Waals surface area contributed by atoms with Gasteiger partial charge in [-0.1, -0.05) is 19.1 Å². The van der Waals surface area contributed by atoms with Crippen molar-refractivity contribution in [3.63, 3.8) is 0 Å². The van der Waals surface area contributed by atoms with Crippen molar-refractivity contribution < 1.29 is 4.39 Å². The van der Waals surface area contributed by atoms with Gasteiger partial charge < -0.3 is 10.6 Å². The fraction of sp³-hybridized carbons (Fsp3) is 0.353. The Balaban J connectivity index is 2.19. The predicted molar refractivity (Wildman–Crippen MR) is 85.3 cm³/mol. The van der Waals surface area contributed by atoms with Crippen molar-refractivity contribution in [3.8, 4) is 0 Å². The van der Waals surface area contributed by atoms with E-state index in [1.165, 1.54) is 12.1 Å². The zero-order chi connectivity index (χ0) is 15.2. The highest BCUT2D eigenvalue weighted by molar-refractivity contribution is 5.59. The Kier molecular flexibility index (Phi) is 5.28. The molecular weight excluding hydrogens is 265 g/mol. The maximum Gasteiger partial charge on any atom is 0.132 e. The van der Waals surface area contributed by atoms with E-state index in [9.17, 15) is 4.39 Å². The summed E-state index contributed by atoms with van der Waals surface area (Å²) >= 11 is 0. The van der Waals surface area contributed by atoms with Crippen LogP contribution in [-0.4, -0.2) is 17.6 Å². The van der Waals surface area contributed by atoms with E-state index in [1.807, 2.05) is 36.2 Å². The van der Waals surface area contributed by atoms with Crippen LogP contribution in [0.4, 0.5) is 15.9 Å². The average Bonchev–Trinajstić information content (AvgIpc) is 2.50. The van der Waals surface area contributed by atoms with Crippen molar-refractivity contribution in [3.05, 3.63) is 54.0 Å². The molecule has 1 aromatic carbocycles. The van der Waals surface area contributed by atoms with Crippen molar-refractivity contribution >= 4 is 11.5 Å². The van der Waals surface area contributed by atoms with E-state index >= 15 is 0 Å². The molecule has 1 aromatic heterocycles. The maximum atomic E-state index is 13.4. The van der Waals surface area contributed by atoms with Gasteiger partial charge >= 0.3 is 0 Å². The first-order valence-corrected chi connectivity index (χ1v) is 7.37. The molecule has 3 nitrogen and oxygen atoms in total. The number of benzene rings is 1. The molecule has 21 heavy (non-hydrogen) atoms. The predicted octanol–water partition coefficient (Wildman–Crippen LogP) is 3.66. The Morgan fingerprint density at radius 2 is 2.05 bits per heavy atom. The fourth-order valence-corrected chi connectivity index (χ4v) is 2.27. The van der Waals surface area contributed by atoms with Crippen LogP contribution in [0.1, 0.15) is 25.8 Å². The maximum absolute atomic E-state index is 13.4. The minimum atomic E-state index is -0.239. The third-order valence-electron chi connectivity index (χ3n) is 3.54.